The summed E-state index contributed by atoms with van der Waals surface area (Å²) in [6.45, 7) is 6.08. The van der Waals surface area contributed by atoms with Crippen molar-refractivity contribution in [2.45, 2.75) is 44.8 Å². The maximum atomic E-state index is 13.3. The number of urea groups is 1. The lowest BCUT2D eigenvalue weighted by atomic mass is 9.69. The maximum Gasteiger partial charge on any atom is 0.320 e. The van der Waals surface area contributed by atoms with Gasteiger partial charge in [0.2, 0.25) is 0 Å². The molecule has 5 rings (SSSR count). The molecular formula is C27H29ClN6O2. The summed E-state index contributed by atoms with van der Waals surface area (Å²) in [7, 11) is 1.85. The van der Waals surface area contributed by atoms with E-state index in [0.29, 0.717) is 17.3 Å². The average molecular weight is 505 g/mol. The number of hydrogen-bond donors (Lipinski definition) is 3. The molecule has 4 aromatic rings. The number of nitrogens with one attached hydrogen (secondary N) is 2. The minimum atomic E-state index is -0.761. The Hall–Kier alpha value is -3.62. The van der Waals surface area contributed by atoms with E-state index >= 15 is 0 Å². The molecule has 1 unspecified atom stereocenters. The zero-order chi connectivity index (χ0) is 25.6. The van der Waals surface area contributed by atoms with Crippen LogP contribution in [0.25, 0.3) is 16.9 Å². The molecule has 3 N–H and O–H groups in total. The van der Waals surface area contributed by atoms with E-state index in [0.717, 1.165) is 33.6 Å². The van der Waals surface area contributed by atoms with Gasteiger partial charge in [0.15, 0.2) is 0 Å². The third-order valence-corrected chi connectivity index (χ3v) is 7.04. The topological polar surface area (TPSA) is 97.0 Å². The van der Waals surface area contributed by atoms with Crippen LogP contribution in [0.15, 0.2) is 60.9 Å². The van der Waals surface area contributed by atoms with Crippen LogP contribution in [0.4, 0.5) is 10.6 Å². The summed E-state index contributed by atoms with van der Waals surface area (Å²) in [6, 6.07) is 14.2. The molecule has 2 amide bonds. The van der Waals surface area contributed by atoms with Crippen molar-refractivity contribution in [2.75, 3.05) is 5.32 Å². The number of rotatable bonds is 4. The van der Waals surface area contributed by atoms with Crippen LogP contribution in [0.5, 0.6) is 0 Å². The van der Waals surface area contributed by atoms with Crippen molar-refractivity contribution in [3.63, 3.8) is 0 Å². The number of aryl methyl sites for hydroxylation is 1. The number of aliphatic hydroxyl groups is 1. The first-order valence-corrected chi connectivity index (χ1v) is 12.2. The molecule has 2 atom stereocenters. The first-order chi connectivity index (χ1) is 17.1. The first kappa shape index (κ1) is 24.1. The van der Waals surface area contributed by atoms with E-state index in [9.17, 15) is 9.90 Å². The Morgan fingerprint density at radius 2 is 1.94 bits per heavy atom. The monoisotopic (exact) mass is 504 g/mol. The van der Waals surface area contributed by atoms with Crippen molar-refractivity contribution < 1.29 is 9.90 Å². The number of amides is 2. The molecule has 0 bridgehead atoms. The van der Waals surface area contributed by atoms with Crippen molar-refractivity contribution in [3.8, 4) is 16.9 Å². The minimum Gasteiger partial charge on any atom is -0.391 e. The average Bonchev–Trinajstić information content (AvgIpc) is 3.40. The number of carbonyl (C=O) groups excluding carboxylic acids is 1. The fourth-order valence-electron chi connectivity index (χ4n) is 5.04. The zero-order valence-electron chi connectivity index (χ0n) is 20.7. The van der Waals surface area contributed by atoms with Crippen LogP contribution in [0.3, 0.4) is 0 Å². The van der Waals surface area contributed by atoms with Crippen molar-refractivity contribution >= 4 is 23.4 Å². The van der Waals surface area contributed by atoms with E-state index in [-0.39, 0.29) is 5.41 Å². The smallest absolute Gasteiger partial charge is 0.320 e. The summed E-state index contributed by atoms with van der Waals surface area (Å²) in [5.74, 6) is 0.537. The third-order valence-electron chi connectivity index (χ3n) is 6.80. The van der Waals surface area contributed by atoms with Crippen molar-refractivity contribution in [1.82, 2.24) is 24.9 Å². The predicted octanol–water partition coefficient (Wildman–Crippen LogP) is 5.14. The van der Waals surface area contributed by atoms with Gasteiger partial charge in [-0.2, -0.15) is 10.2 Å². The van der Waals surface area contributed by atoms with Crippen LogP contribution >= 0.6 is 11.6 Å². The quantitative estimate of drug-likeness (QED) is 0.358. The molecule has 8 nitrogen and oxygen atoms in total. The largest absolute Gasteiger partial charge is 0.391 e. The highest BCUT2D eigenvalue weighted by Gasteiger charge is 2.39. The van der Waals surface area contributed by atoms with Gasteiger partial charge in [0.05, 0.1) is 24.0 Å². The Bertz CT molecular complexity index is 1430. The second-order valence-corrected chi connectivity index (χ2v) is 10.4. The van der Waals surface area contributed by atoms with E-state index in [2.05, 4.69) is 29.6 Å². The molecule has 1 aliphatic rings. The molecule has 9 heteroatoms. The number of hydrogen-bond acceptors (Lipinski definition) is 4. The Balaban J connectivity index is 1.49. The maximum absolute atomic E-state index is 13.3. The lowest BCUT2D eigenvalue weighted by molar-refractivity contribution is 0.0883. The van der Waals surface area contributed by atoms with Crippen molar-refractivity contribution in [2.24, 2.45) is 7.05 Å². The van der Waals surface area contributed by atoms with Crippen molar-refractivity contribution in [1.29, 1.82) is 0 Å². The second kappa shape index (κ2) is 9.11. The number of carbonyl (C=O) groups is 1. The molecule has 0 saturated carbocycles. The molecule has 0 radical (unpaired) electrons. The second-order valence-electron chi connectivity index (χ2n) is 9.94. The molecule has 1 aliphatic carbocycles. The van der Waals surface area contributed by atoms with Crippen LogP contribution < -0.4 is 10.6 Å². The van der Waals surface area contributed by atoms with E-state index in [1.54, 1.807) is 15.6 Å². The Morgan fingerprint density at radius 3 is 2.64 bits per heavy atom. The van der Waals surface area contributed by atoms with Crippen LogP contribution in [0.2, 0.25) is 5.02 Å². The Morgan fingerprint density at radius 1 is 1.19 bits per heavy atom. The summed E-state index contributed by atoms with van der Waals surface area (Å²) in [5, 5.41) is 26.6. The summed E-state index contributed by atoms with van der Waals surface area (Å²) in [5.41, 5.74) is 4.83. The molecule has 2 aromatic carbocycles. The summed E-state index contributed by atoms with van der Waals surface area (Å²) < 4.78 is 3.42. The van der Waals surface area contributed by atoms with E-state index in [1.807, 2.05) is 68.7 Å². The van der Waals surface area contributed by atoms with Crippen LogP contribution in [0, 0.1) is 6.92 Å². The van der Waals surface area contributed by atoms with Gasteiger partial charge in [-0.1, -0.05) is 49.7 Å². The molecule has 2 aromatic heterocycles. The predicted molar refractivity (Wildman–Crippen MR) is 141 cm³/mol. The van der Waals surface area contributed by atoms with Gasteiger partial charge in [0, 0.05) is 29.4 Å². The number of anilines is 1. The van der Waals surface area contributed by atoms with Gasteiger partial charge < -0.3 is 10.4 Å². The van der Waals surface area contributed by atoms with Crippen LogP contribution in [-0.2, 0) is 12.5 Å². The minimum absolute atomic E-state index is 0.241. The molecule has 0 spiro atoms. The third kappa shape index (κ3) is 4.38. The van der Waals surface area contributed by atoms with E-state index in [1.165, 1.54) is 0 Å². The summed E-state index contributed by atoms with van der Waals surface area (Å²) in [4.78, 5) is 13.3. The van der Waals surface area contributed by atoms with Crippen molar-refractivity contribution in [3.05, 3.63) is 82.6 Å². The summed E-state index contributed by atoms with van der Waals surface area (Å²) >= 11 is 6.29. The molecule has 0 fully saturated rings. The normalized spacial score (nSPS) is 18.5. The van der Waals surface area contributed by atoms with Gasteiger partial charge in [0.1, 0.15) is 11.5 Å². The fraction of sp³-hybridized carbons (Fsp3) is 0.296. The highest BCUT2D eigenvalue weighted by atomic mass is 35.5. The molecule has 0 saturated heterocycles. The van der Waals surface area contributed by atoms with Gasteiger partial charge in [-0.15, -0.1) is 0 Å². The van der Waals surface area contributed by atoms with Gasteiger partial charge in [-0.05, 0) is 54.2 Å². The number of aliphatic hydroxyl groups excluding tert-OH is 1. The highest BCUT2D eigenvalue weighted by Crippen LogP contribution is 2.42. The Kier molecular flexibility index (Phi) is 6.10. The SMILES string of the molecule is Cc1c(-c2cnn(C)c2)nn(-c2ccccc2)c1NC(=O)NC1c2cc(Cl)ccc2C(C)(C)C[C@H]1O. The molecule has 0 aliphatic heterocycles. The lowest BCUT2D eigenvalue weighted by Crippen LogP contribution is -2.45. The summed E-state index contributed by atoms with van der Waals surface area (Å²) in [6.07, 6.45) is 3.38. The number of nitrogens with zero attached hydrogens (tertiary/aromatic N) is 4. The lowest BCUT2D eigenvalue weighted by Gasteiger charge is -2.40. The number of fused-ring (bicyclic) bond motifs is 1. The van der Waals surface area contributed by atoms with Gasteiger partial charge in [0.25, 0.3) is 0 Å². The standard InChI is InChI=1S/C27H29ClN6O2/c1-16-23(17-14-29-33(4)15-17)32-34(19-8-6-5-7-9-19)25(16)31-26(36)30-24-20-12-18(28)10-11-21(20)27(2,3)13-22(24)35/h5-12,14-15,22,24,35H,13H2,1-4H3,(H2,30,31,36)/t22-,24?/m1/s1. The van der Waals surface area contributed by atoms with Gasteiger partial charge in [-0.3, -0.25) is 10.00 Å². The molecule has 36 heavy (non-hydrogen) atoms. The van der Waals surface area contributed by atoms with E-state index in [4.69, 9.17) is 16.7 Å². The van der Waals surface area contributed by atoms with Gasteiger partial charge in [-0.25, -0.2) is 9.48 Å². The molecule has 186 valence electrons. The Labute approximate surface area is 214 Å². The highest BCUT2D eigenvalue weighted by molar-refractivity contribution is 6.30. The number of aromatic nitrogens is 4. The van der Waals surface area contributed by atoms with Gasteiger partial charge >= 0.3 is 6.03 Å². The first-order valence-electron chi connectivity index (χ1n) is 11.8. The number of halogens is 1. The zero-order valence-corrected chi connectivity index (χ0v) is 21.4. The molecule has 2 heterocycles. The van der Waals surface area contributed by atoms with Crippen LogP contribution in [0.1, 0.15) is 43.0 Å². The van der Waals surface area contributed by atoms with E-state index < -0.39 is 18.2 Å². The fourth-order valence-corrected chi connectivity index (χ4v) is 5.22. The number of benzene rings is 2. The molecular weight excluding hydrogens is 476 g/mol. The number of para-hydroxylation sites is 1. The van der Waals surface area contributed by atoms with Crippen LogP contribution in [-0.4, -0.2) is 36.8 Å².